The Labute approximate surface area is 234 Å². The fourth-order valence-electron chi connectivity index (χ4n) is 4.17. The predicted octanol–water partition coefficient (Wildman–Crippen LogP) is 3.66. The van der Waals surface area contributed by atoms with E-state index in [0.29, 0.717) is 16.6 Å². The third kappa shape index (κ3) is 5.50. The molecule has 39 heavy (non-hydrogen) atoms. The highest BCUT2D eigenvalue weighted by Crippen LogP contribution is 2.39. The zero-order chi connectivity index (χ0) is 27.5. The smallest absolute Gasteiger partial charge is 0.274 e. The van der Waals surface area contributed by atoms with Crippen LogP contribution in [0.1, 0.15) is 57.3 Å². The van der Waals surface area contributed by atoms with E-state index < -0.39 is 6.04 Å². The van der Waals surface area contributed by atoms with Gasteiger partial charge in [0.1, 0.15) is 16.9 Å². The first kappa shape index (κ1) is 26.4. The summed E-state index contributed by atoms with van der Waals surface area (Å²) < 4.78 is 7.42. The van der Waals surface area contributed by atoms with Crippen molar-refractivity contribution in [2.75, 3.05) is 13.1 Å². The monoisotopic (exact) mass is 557 g/mol. The van der Waals surface area contributed by atoms with Gasteiger partial charge in [-0.15, -0.1) is 21.5 Å². The minimum Gasteiger partial charge on any atom is -0.421 e. The summed E-state index contributed by atoms with van der Waals surface area (Å²) in [6.45, 7) is 6.42. The molecule has 1 aliphatic rings. The van der Waals surface area contributed by atoms with Crippen LogP contribution in [0.5, 0.6) is 0 Å². The number of nitrogens with two attached hydrogens (primary N) is 1. The van der Waals surface area contributed by atoms with Gasteiger partial charge in [-0.2, -0.15) is 0 Å². The number of aliphatic imine (C=N–C) groups is 1. The molecule has 196 valence electrons. The maximum atomic E-state index is 13.0. The Hall–Kier alpha value is -4.22. The van der Waals surface area contributed by atoms with Crippen LogP contribution in [-0.4, -0.2) is 44.5 Å². The highest BCUT2D eigenvalue weighted by Gasteiger charge is 2.32. The van der Waals surface area contributed by atoms with E-state index in [1.807, 2.05) is 35.8 Å². The first-order chi connectivity index (χ1) is 18.9. The van der Waals surface area contributed by atoms with Crippen molar-refractivity contribution in [2.24, 2.45) is 10.7 Å². The number of fused-ring (bicyclic) bond motifs is 3. The predicted molar refractivity (Wildman–Crippen MR) is 150 cm³/mol. The Balaban J connectivity index is 1.41. The number of aryl methyl sites for hydroxylation is 2. The number of carbonyl (C=O) groups is 1. The lowest BCUT2D eigenvalue weighted by Crippen LogP contribution is -2.25. The van der Waals surface area contributed by atoms with Crippen LogP contribution < -0.4 is 11.1 Å². The number of halogens is 1. The van der Waals surface area contributed by atoms with E-state index in [2.05, 4.69) is 58.0 Å². The van der Waals surface area contributed by atoms with Crippen LogP contribution in [-0.2, 0) is 4.79 Å². The van der Waals surface area contributed by atoms with Crippen LogP contribution in [0, 0.1) is 44.5 Å². The van der Waals surface area contributed by atoms with Gasteiger partial charge in [-0.3, -0.25) is 14.4 Å². The van der Waals surface area contributed by atoms with Gasteiger partial charge in [-0.05, 0) is 50.3 Å². The Morgan fingerprint density at radius 1 is 1.18 bits per heavy atom. The lowest BCUT2D eigenvalue weighted by molar-refractivity contribution is -0.121. The molecule has 0 aliphatic carbocycles. The van der Waals surface area contributed by atoms with Crippen molar-refractivity contribution in [2.45, 2.75) is 33.2 Å². The SMILES string of the molecule is Cc1sc2c(c1C)C(c1ccc(Cl)cc1)=N[C@@H](CC(=O)NCC#Cc1cnc(C#CCN)o1)c1nnc(C)n1-2. The van der Waals surface area contributed by atoms with Crippen molar-refractivity contribution >= 4 is 34.6 Å². The van der Waals surface area contributed by atoms with E-state index in [9.17, 15) is 4.79 Å². The highest BCUT2D eigenvalue weighted by atomic mass is 35.5. The number of thiophene rings is 1. The number of nitrogens with one attached hydrogen (secondary N) is 1. The molecular formula is C28H24ClN7O2S. The Bertz CT molecular complexity index is 1710. The molecule has 0 fully saturated rings. The molecule has 4 aromatic rings. The molecule has 3 N–H and O–H groups in total. The maximum Gasteiger partial charge on any atom is 0.274 e. The summed E-state index contributed by atoms with van der Waals surface area (Å²) in [5, 5.41) is 13.2. The van der Waals surface area contributed by atoms with E-state index in [-0.39, 0.29) is 31.3 Å². The number of amides is 1. The van der Waals surface area contributed by atoms with Crippen LogP contribution in [0.25, 0.3) is 5.00 Å². The molecule has 11 heteroatoms. The number of benzene rings is 1. The Kier molecular flexibility index (Phi) is 7.62. The second-order valence-electron chi connectivity index (χ2n) is 8.72. The highest BCUT2D eigenvalue weighted by molar-refractivity contribution is 7.15. The fraction of sp³-hybridized carbons (Fsp3) is 0.250. The second kappa shape index (κ2) is 11.3. The molecule has 1 aliphatic heterocycles. The van der Waals surface area contributed by atoms with E-state index in [1.54, 1.807) is 11.3 Å². The normalized spacial score (nSPS) is 13.7. The van der Waals surface area contributed by atoms with Gasteiger partial charge >= 0.3 is 0 Å². The summed E-state index contributed by atoms with van der Waals surface area (Å²) in [5.74, 6) is 12.8. The second-order valence-corrected chi connectivity index (χ2v) is 10.4. The van der Waals surface area contributed by atoms with Crippen LogP contribution in [0.3, 0.4) is 0 Å². The van der Waals surface area contributed by atoms with Gasteiger partial charge in [-0.25, -0.2) is 4.98 Å². The number of nitrogens with zero attached hydrogens (tertiary/aromatic N) is 5. The van der Waals surface area contributed by atoms with Gasteiger partial charge in [0.2, 0.25) is 5.91 Å². The molecular weight excluding hydrogens is 534 g/mol. The third-order valence-corrected chi connectivity index (χ3v) is 7.57. The quantitative estimate of drug-likeness (QED) is 0.369. The molecule has 0 unspecified atom stereocenters. The van der Waals surface area contributed by atoms with Crippen molar-refractivity contribution < 1.29 is 9.21 Å². The fourth-order valence-corrected chi connectivity index (χ4v) is 5.51. The van der Waals surface area contributed by atoms with Gasteiger partial charge in [0.05, 0.1) is 31.4 Å². The van der Waals surface area contributed by atoms with Crippen molar-refractivity contribution in [3.8, 4) is 28.7 Å². The van der Waals surface area contributed by atoms with Gasteiger partial charge in [0.25, 0.3) is 5.89 Å². The summed E-state index contributed by atoms with van der Waals surface area (Å²) in [7, 11) is 0. The number of oxazole rings is 1. The number of aromatic nitrogens is 4. The first-order valence-electron chi connectivity index (χ1n) is 12.1. The zero-order valence-corrected chi connectivity index (χ0v) is 23.1. The standard InChI is InChI=1S/C28H24ClN7O2S/c1-16-17(2)39-28-25(16)26(19-8-10-20(29)11-9-19)33-22(27-35-34-18(3)36(27)28)14-23(37)31-13-5-6-21-15-32-24(38-21)7-4-12-30/h8-11,15,22H,12-14,30H2,1-3H3,(H,31,37)/t22-/m0/s1. The summed E-state index contributed by atoms with van der Waals surface area (Å²) in [4.78, 5) is 23.3. The third-order valence-electron chi connectivity index (χ3n) is 6.12. The van der Waals surface area contributed by atoms with Gasteiger partial charge in [0, 0.05) is 21.0 Å². The van der Waals surface area contributed by atoms with Crippen molar-refractivity contribution in [3.63, 3.8) is 0 Å². The Morgan fingerprint density at radius 3 is 2.74 bits per heavy atom. The average molecular weight is 558 g/mol. The van der Waals surface area contributed by atoms with Crippen molar-refractivity contribution in [3.05, 3.63) is 80.4 Å². The van der Waals surface area contributed by atoms with Gasteiger partial charge in [-0.1, -0.05) is 35.6 Å². The molecule has 0 spiro atoms. The molecule has 1 aromatic carbocycles. The molecule has 0 radical (unpaired) electrons. The van der Waals surface area contributed by atoms with E-state index in [1.165, 1.54) is 11.1 Å². The minimum absolute atomic E-state index is 0.0744. The summed E-state index contributed by atoms with van der Waals surface area (Å²) >= 11 is 7.83. The van der Waals surface area contributed by atoms with Crippen molar-refractivity contribution in [1.82, 2.24) is 25.1 Å². The number of rotatable bonds is 4. The summed E-state index contributed by atoms with van der Waals surface area (Å²) in [5.41, 5.74) is 9.21. The van der Waals surface area contributed by atoms with Crippen LogP contribution in [0.2, 0.25) is 5.02 Å². The van der Waals surface area contributed by atoms with Crippen LogP contribution in [0.15, 0.2) is 39.9 Å². The van der Waals surface area contributed by atoms with E-state index in [0.717, 1.165) is 33.2 Å². The lowest BCUT2D eigenvalue weighted by Gasteiger charge is -2.12. The summed E-state index contributed by atoms with van der Waals surface area (Å²) in [6.07, 6.45) is 1.55. The molecule has 0 saturated carbocycles. The maximum absolute atomic E-state index is 13.0. The minimum atomic E-state index is -0.554. The van der Waals surface area contributed by atoms with Crippen molar-refractivity contribution in [1.29, 1.82) is 0 Å². The molecule has 0 bridgehead atoms. The Morgan fingerprint density at radius 2 is 1.97 bits per heavy atom. The largest absolute Gasteiger partial charge is 0.421 e. The van der Waals surface area contributed by atoms with E-state index in [4.69, 9.17) is 26.7 Å². The van der Waals surface area contributed by atoms with Gasteiger partial charge < -0.3 is 15.5 Å². The average Bonchev–Trinajstić information content (AvgIpc) is 3.59. The lowest BCUT2D eigenvalue weighted by atomic mass is 9.99. The molecule has 0 saturated heterocycles. The van der Waals surface area contributed by atoms with Crippen LogP contribution >= 0.6 is 22.9 Å². The molecule has 1 atom stereocenters. The number of carbonyl (C=O) groups excluding carboxylic acids is 1. The molecule has 5 rings (SSSR count). The number of hydrogen-bond donors (Lipinski definition) is 2. The molecule has 1 amide bonds. The molecule has 9 nitrogen and oxygen atoms in total. The molecule has 3 aromatic heterocycles. The van der Waals surface area contributed by atoms with E-state index >= 15 is 0 Å². The molecule has 4 heterocycles. The topological polar surface area (TPSA) is 124 Å². The van der Waals surface area contributed by atoms with Gasteiger partial charge in [0.15, 0.2) is 11.6 Å². The first-order valence-corrected chi connectivity index (χ1v) is 13.3. The zero-order valence-electron chi connectivity index (χ0n) is 21.5. The van der Waals surface area contributed by atoms with Crippen LogP contribution in [0.4, 0.5) is 0 Å². The summed E-state index contributed by atoms with van der Waals surface area (Å²) in [6, 6.07) is 7.01. The number of hydrogen-bond acceptors (Lipinski definition) is 8.